The van der Waals surface area contributed by atoms with E-state index >= 15 is 0 Å². The number of hydrogen-bond donors (Lipinski definition) is 2. The monoisotopic (exact) mass is 307 g/mol. The Morgan fingerprint density at radius 3 is 2.86 bits per heavy atom. The number of amides is 1. The summed E-state index contributed by atoms with van der Waals surface area (Å²) in [4.78, 5) is 12.6. The summed E-state index contributed by atoms with van der Waals surface area (Å²) in [6.45, 7) is 1.83. The van der Waals surface area contributed by atoms with Gasteiger partial charge in [0.1, 0.15) is 11.4 Å². The van der Waals surface area contributed by atoms with E-state index < -0.39 is 5.60 Å². The van der Waals surface area contributed by atoms with Crippen molar-refractivity contribution in [3.05, 3.63) is 58.0 Å². The van der Waals surface area contributed by atoms with Gasteiger partial charge in [-0.2, -0.15) is 0 Å². The summed E-state index contributed by atoms with van der Waals surface area (Å²) in [5, 5.41) is 14.9. The zero-order valence-electron chi connectivity index (χ0n) is 11.8. The van der Waals surface area contributed by atoms with Crippen molar-refractivity contribution in [2.75, 3.05) is 6.54 Å². The standard InChI is InChI=1S/C16H18FNO2S/c1-16(20,14-6-3-9-21-14)11-18-15(19)8-7-12-4-2-5-13(17)10-12/h2-6,9-10,20H,7-8,11H2,1H3,(H,18,19). The van der Waals surface area contributed by atoms with Crippen molar-refractivity contribution in [3.63, 3.8) is 0 Å². The topological polar surface area (TPSA) is 49.3 Å². The lowest BCUT2D eigenvalue weighted by molar-refractivity contribution is -0.122. The number of carbonyl (C=O) groups excluding carboxylic acids is 1. The predicted octanol–water partition coefficient (Wildman–Crippen LogP) is 2.84. The van der Waals surface area contributed by atoms with Gasteiger partial charge in [0.25, 0.3) is 0 Å². The van der Waals surface area contributed by atoms with Crippen molar-refractivity contribution in [1.29, 1.82) is 0 Å². The van der Waals surface area contributed by atoms with Crippen LogP contribution in [0.1, 0.15) is 23.8 Å². The maximum atomic E-state index is 13.0. The number of halogens is 1. The van der Waals surface area contributed by atoms with Crippen LogP contribution in [0.25, 0.3) is 0 Å². The fraction of sp³-hybridized carbons (Fsp3) is 0.312. The van der Waals surface area contributed by atoms with Gasteiger partial charge in [0.2, 0.25) is 5.91 Å². The van der Waals surface area contributed by atoms with E-state index in [9.17, 15) is 14.3 Å². The summed E-state index contributed by atoms with van der Waals surface area (Å²) in [5.41, 5.74) is -0.280. The number of hydrogen-bond acceptors (Lipinski definition) is 3. The summed E-state index contributed by atoms with van der Waals surface area (Å²) in [6, 6.07) is 9.92. The Balaban J connectivity index is 1.80. The molecule has 0 aliphatic heterocycles. The Bertz CT molecular complexity index is 596. The molecule has 1 aromatic heterocycles. The van der Waals surface area contributed by atoms with E-state index in [0.717, 1.165) is 10.4 Å². The third kappa shape index (κ3) is 4.65. The molecule has 0 fully saturated rings. The lowest BCUT2D eigenvalue weighted by Gasteiger charge is -2.22. The maximum Gasteiger partial charge on any atom is 0.220 e. The van der Waals surface area contributed by atoms with Crippen molar-refractivity contribution in [3.8, 4) is 0 Å². The fourth-order valence-corrected chi connectivity index (χ4v) is 2.77. The Kier molecular flexibility index (Phi) is 5.09. The highest BCUT2D eigenvalue weighted by Crippen LogP contribution is 2.24. The van der Waals surface area contributed by atoms with Crippen LogP contribution in [0.5, 0.6) is 0 Å². The van der Waals surface area contributed by atoms with E-state index in [-0.39, 0.29) is 24.7 Å². The molecular formula is C16H18FNO2S. The number of aliphatic hydroxyl groups is 1. The first kappa shape index (κ1) is 15.7. The molecule has 0 spiro atoms. The van der Waals surface area contributed by atoms with Gasteiger partial charge in [-0.15, -0.1) is 11.3 Å². The fourth-order valence-electron chi connectivity index (χ4n) is 1.98. The van der Waals surface area contributed by atoms with Crippen LogP contribution < -0.4 is 5.32 Å². The van der Waals surface area contributed by atoms with E-state index in [0.29, 0.717) is 6.42 Å². The van der Waals surface area contributed by atoms with Crippen LogP contribution in [0.3, 0.4) is 0 Å². The summed E-state index contributed by atoms with van der Waals surface area (Å²) in [5.74, 6) is -0.454. The highest BCUT2D eigenvalue weighted by molar-refractivity contribution is 7.10. The van der Waals surface area contributed by atoms with Gasteiger partial charge < -0.3 is 10.4 Å². The first-order valence-corrected chi connectivity index (χ1v) is 7.63. The van der Waals surface area contributed by atoms with Crippen LogP contribution in [0.15, 0.2) is 41.8 Å². The smallest absolute Gasteiger partial charge is 0.220 e. The Morgan fingerprint density at radius 2 is 2.19 bits per heavy atom. The quantitative estimate of drug-likeness (QED) is 0.862. The third-order valence-electron chi connectivity index (χ3n) is 3.21. The molecule has 0 saturated heterocycles. The molecule has 112 valence electrons. The number of benzene rings is 1. The summed E-state index contributed by atoms with van der Waals surface area (Å²) < 4.78 is 13.0. The zero-order chi connectivity index (χ0) is 15.3. The summed E-state index contributed by atoms with van der Waals surface area (Å²) in [7, 11) is 0. The molecule has 0 aliphatic rings. The van der Waals surface area contributed by atoms with Gasteiger partial charge in [0.05, 0.1) is 6.54 Å². The largest absolute Gasteiger partial charge is 0.383 e. The van der Waals surface area contributed by atoms with Gasteiger partial charge in [-0.05, 0) is 42.5 Å². The first-order valence-electron chi connectivity index (χ1n) is 6.75. The summed E-state index contributed by atoms with van der Waals surface area (Å²) >= 11 is 1.45. The van der Waals surface area contributed by atoms with Crippen molar-refractivity contribution < 1.29 is 14.3 Å². The van der Waals surface area contributed by atoms with Gasteiger partial charge in [-0.3, -0.25) is 4.79 Å². The average Bonchev–Trinajstić information content (AvgIpc) is 2.98. The number of nitrogens with one attached hydrogen (secondary N) is 1. The molecule has 5 heteroatoms. The molecule has 0 saturated carbocycles. The molecule has 0 aliphatic carbocycles. The second kappa shape index (κ2) is 6.83. The predicted molar refractivity (Wildman–Crippen MR) is 81.6 cm³/mol. The van der Waals surface area contributed by atoms with E-state index in [1.54, 1.807) is 19.1 Å². The Hall–Kier alpha value is -1.72. The summed E-state index contributed by atoms with van der Waals surface area (Å²) in [6.07, 6.45) is 0.745. The SMILES string of the molecule is CC(O)(CNC(=O)CCc1cccc(F)c1)c1cccs1. The molecule has 1 atom stereocenters. The Morgan fingerprint density at radius 1 is 1.38 bits per heavy atom. The van der Waals surface area contributed by atoms with Gasteiger partial charge in [0.15, 0.2) is 0 Å². The molecule has 21 heavy (non-hydrogen) atoms. The van der Waals surface area contributed by atoms with Gasteiger partial charge >= 0.3 is 0 Å². The minimum Gasteiger partial charge on any atom is -0.383 e. The van der Waals surface area contributed by atoms with Crippen LogP contribution >= 0.6 is 11.3 Å². The molecule has 1 unspecified atom stereocenters. The van der Waals surface area contributed by atoms with Gasteiger partial charge in [-0.25, -0.2) is 4.39 Å². The van der Waals surface area contributed by atoms with Crippen LogP contribution in [0, 0.1) is 5.82 Å². The van der Waals surface area contributed by atoms with E-state index in [4.69, 9.17) is 0 Å². The number of rotatable bonds is 6. The van der Waals surface area contributed by atoms with Crippen LogP contribution in [0.2, 0.25) is 0 Å². The molecular weight excluding hydrogens is 289 g/mol. The highest BCUT2D eigenvalue weighted by atomic mass is 32.1. The minimum atomic E-state index is -1.07. The molecule has 0 radical (unpaired) electrons. The highest BCUT2D eigenvalue weighted by Gasteiger charge is 2.24. The number of aryl methyl sites for hydroxylation is 1. The molecule has 1 heterocycles. The maximum absolute atomic E-state index is 13.0. The van der Waals surface area contributed by atoms with Crippen molar-refractivity contribution >= 4 is 17.2 Å². The van der Waals surface area contributed by atoms with Crippen molar-refractivity contribution in [2.24, 2.45) is 0 Å². The third-order valence-corrected chi connectivity index (χ3v) is 4.33. The molecule has 2 rings (SSSR count). The molecule has 1 aromatic carbocycles. The number of carbonyl (C=O) groups is 1. The second-order valence-electron chi connectivity index (χ2n) is 5.16. The Labute approximate surface area is 127 Å². The average molecular weight is 307 g/mol. The molecule has 2 aromatic rings. The van der Waals surface area contributed by atoms with Gasteiger partial charge in [0, 0.05) is 11.3 Å². The second-order valence-corrected chi connectivity index (χ2v) is 6.11. The lowest BCUT2D eigenvalue weighted by atomic mass is 10.0. The first-order chi connectivity index (χ1) is 9.97. The molecule has 3 nitrogen and oxygen atoms in total. The molecule has 0 bridgehead atoms. The number of thiophene rings is 1. The minimum absolute atomic E-state index is 0.156. The van der Waals surface area contributed by atoms with E-state index in [2.05, 4.69) is 5.32 Å². The lowest BCUT2D eigenvalue weighted by Crippen LogP contribution is -2.38. The normalized spacial score (nSPS) is 13.7. The van der Waals surface area contributed by atoms with Gasteiger partial charge in [-0.1, -0.05) is 18.2 Å². The van der Waals surface area contributed by atoms with Crippen molar-refractivity contribution in [2.45, 2.75) is 25.4 Å². The van der Waals surface area contributed by atoms with E-state index in [1.165, 1.54) is 23.5 Å². The van der Waals surface area contributed by atoms with Crippen LogP contribution in [-0.4, -0.2) is 17.6 Å². The zero-order valence-corrected chi connectivity index (χ0v) is 12.6. The molecule has 1 amide bonds. The van der Waals surface area contributed by atoms with Crippen molar-refractivity contribution in [1.82, 2.24) is 5.32 Å². The van der Waals surface area contributed by atoms with E-state index in [1.807, 2.05) is 17.5 Å². The van der Waals surface area contributed by atoms with Crippen LogP contribution in [0.4, 0.5) is 4.39 Å². The van der Waals surface area contributed by atoms with Crippen LogP contribution in [-0.2, 0) is 16.8 Å². The molecule has 2 N–H and O–H groups in total.